The number of para-hydroxylation sites is 1. The van der Waals surface area contributed by atoms with Crippen molar-refractivity contribution in [1.82, 2.24) is 14.4 Å². The van der Waals surface area contributed by atoms with E-state index < -0.39 is 23.4 Å². The molecule has 0 saturated carbocycles. The van der Waals surface area contributed by atoms with Gasteiger partial charge in [0.1, 0.15) is 6.54 Å². The maximum Gasteiger partial charge on any atom is 0.416 e. The largest absolute Gasteiger partial charge is 0.416 e. The number of benzene rings is 4. The van der Waals surface area contributed by atoms with Crippen LogP contribution in [0.25, 0.3) is 22.0 Å². The zero-order valence-electron chi connectivity index (χ0n) is 28.4. The smallest absolute Gasteiger partial charge is 0.337 e. The first-order chi connectivity index (χ1) is 24.6. The average Bonchev–Trinajstić information content (AvgIpc) is 3.65. The molecule has 0 bridgehead atoms. The Labute approximate surface area is 294 Å². The number of carbonyl (C=O) groups excluding carboxylic acids is 1. The van der Waals surface area contributed by atoms with Crippen LogP contribution in [0, 0.1) is 17.0 Å². The number of aryl methyl sites for hydroxylation is 2. The normalized spacial score (nSPS) is 13.6. The third-order valence-electron chi connectivity index (χ3n) is 9.69. The molecule has 1 aromatic heterocycles. The van der Waals surface area contributed by atoms with Crippen LogP contribution in [0.4, 0.5) is 22.0 Å². The van der Waals surface area contributed by atoms with E-state index >= 15 is 0 Å². The van der Waals surface area contributed by atoms with Crippen LogP contribution in [0.5, 0.6) is 0 Å². The summed E-state index contributed by atoms with van der Waals surface area (Å²) in [6.45, 7) is 4.06. The Morgan fingerprint density at radius 3 is 2.20 bits per heavy atom. The highest BCUT2D eigenvalue weighted by Gasteiger charge is 2.30. The van der Waals surface area contributed by atoms with Gasteiger partial charge in [-0.2, -0.15) is 13.2 Å². The van der Waals surface area contributed by atoms with Crippen molar-refractivity contribution in [2.45, 2.75) is 57.8 Å². The lowest BCUT2D eigenvalue weighted by atomic mass is 10.0. The number of halogens is 5. The Hall–Kier alpha value is -4.83. The van der Waals surface area contributed by atoms with Gasteiger partial charge in [-0.3, -0.25) is 4.79 Å². The van der Waals surface area contributed by atoms with Crippen molar-refractivity contribution in [3.8, 4) is 11.1 Å². The highest BCUT2D eigenvalue weighted by Crippen LogP contribution is 2.31. The van der Waals surface area contributed by atoms with Crippen molar-refractivity contribution >= 4 is 16.8 Å². The van der Waals surface area contributed by atoms with Crippen molar-refractivity contribution in [2.24, 2.45) is 0 Å². The fourth-order valence-corrected chi connectivity index (χ4v) is 6.86. The molecule has 51 heavy (non-hydrogen) atoms. The Kier molecular flexibility index (Phi) is 11.3. The number of amides is 1. The summed E-state index contributed by atoms with van der Waals surface area (Å²) in [7, 11) is 0. The molecule has 5 aromatic rings. The maximum atomic E-state index is 14.6. The predicted octanol–water partition coefficient (Wildman–Crippen LogP) is 8.77. The van der Waals surface area contributed by atoms with Crippen molar-refractivity contribution < 1.29 is 26.7 Å². The lowest BCUT2D eigenvalue weighted by molar-refractivity contribution is -0.137. The van der Waals surface area contributed by atoms with Crippen molar-refractivity contribution in [2.75, 3.05) is 26.2 Å². The van der Waals surface area contributed by atoms with E-state index in [-0.39, 0.29) is 29.8 Å². The van der Waals surface area contributed by atoms with Crippen LogP contribution in [-0.4, -0.2) is 46.5 Å². The molecule has 0 aliphatic carbocycles. The summed E-state index contributed by atoms with van der Waals surface area (Å²) < 4.78 is 69.6. The van der Waals surface area contributed by atoms with Gasteiger partial charge in [-0.1, -0.05) is 66.7 Å². The second-order valence-electron chi connectivity index (χ2n) is 13.2. The molecular formula is C41H41F5N4O. The first kappa shape index (κ1) is 36.0. The summed E-state index contributed by atoms with van der Waals surface area (Å²) in [6, 6.07) is 25.8. The van der Waals surface area contributed by atoms with Crippen LogP contribution >= 0.6 is 0 Å². The van der Waals surface area contributed by atoms with Crippen LogP contribution in [-0.2, 0) is 36.9 Å². The molecule has 0 unspecified atom stereocenters. The van der Waals surface area contributed by atoms with Crippen LogP contribution in [0.15, 0.2) is 97.1 Å². The fourth-order valence-electron chi connectivity index (χ4n) is 6.86. The molecule has 0 atom stereocenters. The molecule has 1 N–H and O–H groups in total. The van der Waals surface area contributed by atoms with E-state index in [9.17, 15) is 26.7 Å². The quantitative estimate of drug-likeness (QED) is 0.0987. The molecule has 0 radical (unpaired) electrons. The molecule has 1 fully saturated rings. The van der Waals surface area contributed by atoms with Gasteiger partial charge in [0.15, 0.2) is 11.6 Å². The zero-order valence-corrected chi connectivity index (χ0v) is 28.4. The number of hydrogen-bond acceptors (Lipinski definition) is 3. The third kappa shape index (κ3) is 8.92. The van der Waals surface area contributed by atoms with Crippen LogP contribution < -0.4 is 5.36 Å². The number of alkyl halides is 3. The van der Waals surface area contributed by atoms with Gasteiger partial charge in [0, 0.05) is 24.2 Å². The first-order valence-corrected chi connectivity index (χ1v) is 17.4. The standard InChI is InChI=1S/C41H41F5N4O/c42-36-10-7-8-32(40(36)43)18-21-34-26-37(47)35-9-1-2-11-38(35)50(34)28-39(51)49(25-6-5-24-48-22-3-4-23-48)27-29-12-14-30(15-13-29)31-16-19-33(20-17-31)41(44,45)46/h1-2,7-17,19-20,26,47H,3-6,18,21-25,27-28H2. The number of nitrogens with one attached hydrogen (secondary N) is 1. The Bertz CT molecular complexity index is 2020. The summed E-state index contributed by atoms with van der Waals surface area (Å²) in [4.78, 5) is 18.6. The van der Waals surface area contributed by atoms with Gasteiger partial charge in [0.05, 0.1) is 16.4 Å². The van der Waals surface area contributed by atoms with E-state index in [4.69, 9.17) is 5.41 Å². The molecule has 266 valence electrons. The average molecular weight is 701 g/mol. The van der Waals surface area contributed by atoms with E-state index in [1.54, 1.807) is 12.1 Å². The lowest BCUT2D eigenvalue weighted by Crippen LogP contribution is -2.35. The Morgan fingerprint density at radius 1 is 0.804 bits per heavy atom. The summed E-state index contributed by atoms with van der Waals surface area (Å²) in [5, 5.41) is 9.65. The second-order valence-corrected chi connectivity index (χ2v) is 13.2. The summed E-state index contributed by atoms with van der Waals surface area (Å²) in [5.74, 6) is -1.92. The number of nitrogens with zero attached hydrogens (tertiary/aromatic N) is 3. The highest BCUT2D eigenvalue weighted by atomic mass is 19.4. The van der Waals surface area contributed by atoms with Gasteiger partial charge < -0.3 is 19.8 Å². The van der Waals surface area contributed by atoms with Gasteiger partial charge in [-0.05, 0) is 111 Å². The zero-order chi connectivity index (χ0) is 36.0. The van der Waals surface area contributed by atoms with Crippen molar-refractivity contribution in [3.63, 3.8) is 0 Å². The fraction of sp³-hybridized carbons (Fsp3) is 0.317. The molecule has 1 amide bonds. The minimum Gasteiger partial charge on any atom is -0.337 e. The van der Waals surface area contributed by atoms with Gasteiger partial charge in [0.25, 0.3) is 0 Å². The highest BCUT2D eigenvalue weighted by molar-refractivity contribution is 5.82. The number of aromatic nitrogens is 1. The van der Waals surface area contributed by atoms with Crippen LogP contribution in [0.1, 0.15) is 48.1 Å². The molecule has 6 rings (SSSR count). The van der Waals surface area contributed by atoms with Crippen molar-refractivity contribution in [3.05, 3.63) is 136 Å². The van der Waals surface area contributed by atoms with Crippen molar-refractivity contribution in [1.29, 1.82) is 5.41 Å². The minimum absolute atomic E-state index is 0.00246. The van der Waals surface area contributed by atoms with E-state index in [0.29, 0.717) is 41.7 Å². The number of pyridine rings is 1. The number of likely N-dealkylation sites (tertiary alicyclic amines) is 1. The third-order valence-corrected chi connectivity index (χ3v) is 9.69. The molecular weight excluding hydrogens is 659 g/mol. The Morgan fingerprint density at radius 2 is 1.49 bits per heavy atom. The van der Waals surface area contributed by atoms with E-state index in [1.807, 2.05) is 58.0 Å². The van der Waals surface area contributed by atoms with Crippen LogP contribution in [0.3, 0.4) is 0 Å². The van der Waals surface area contributed by atoms with E-state index in [2.05, 4.69) is 4.90 Å². The van der Waals surface area contributed by atoms with Gasteiger partial charge in [-0.15, -0.1) is 0 Å². The summed E-state index contributed by atoms with van der Waals surface area (Å²) >= 11 is 0. The molecule has 10 heteroatoms. The molecule has 1 aliphatic heterocycles. The van der Waals surface area contributed by atoms with Crippen LogP contribution in [0.2, 0.25) is 0 Å². The molecule has 2 heterocycles. The lowest BCUT2D eigenvalue weighted by Gasteiger charge is -2.26. The molecule has 1 saturated heterocycles. The second kappa shape index (κ2) is 16.0. The number of unbranched alkanes of at least 4 members (excludes halogenated alkanes) is 1. The minimum atomic E-state index is -4.40. The van der Waals surface area contributed by atoms with Gasteiger partial charge in [-0.25, -0.2) is 8.78 Å². The Balaban J connectivity index is 1.24. The number of fused-ring (bicyclic) bond motifs is 1. The summed E-state index contributed by atoms with van der Waals surface area (Å²) in [5.41, 5.74) is 3.23. The van der Waals surface area contributed by atoms with Gasteiger partial charge >= 0.3 is 6.18 Å². The molecule has 1 aliphatic rings. The van der Waals surface area contributed by atoms with E-state index in [1.165, 1.54) is 31.0 Å². The number of rotatable bonds is 13. The maximum absolute atomic E-state index is 14.6. The number of carbonyl (C=O) groups is 1. The first-order valence-electron chi connectivity index (χ1n) is 17.4. The number of hydrogen-bond donors (Lipinski definition) is 1. The van der Waals surface area contributed by atoms with E-state index in [0.717, 1.165) is 61.8 Å². The summed E-state index contributed by atoms with van der Waals surface area (Å²) in [6.07, 6.45) is 0.278. The SMILES string of the molecule is N=c1cc(CCc2cccc(F)c2F)n(CC(=O)N(CCCCN2CCCC2)Cc2ccc(-c3ccc(C(F)(F)F)cc3)cc2)c2ccccc12. The van der Waals surface area contributed by atoms with Gasteiger partial charge in [0.2, 0.25) is 5.91 Å². The predicted molar refractivity (Wildman–Crippen MR) is 189 cm³/mol. The monoisotopic (exact) mass is 700 g/mol. The molecule has 4 aromatic carbocycles. The molecule has 0 spiro atoms. The molecule has 5 nitrogen and oxygen atoms in total. The topological polar surface area (TPSA) is 52.3 Å².